The molecular weight excluding hydrogens is 394 g/mol. The molecule has 0 radical (unpaired) electrons. The summed E-state index contributed by atoms with van der Waals surface area (Å²) in [6.45, 7) is 0.189. The summed E-state index contributed by atoms with van der Waals surface area (Å²) in [5.74, 6) is -0.782. The van der Waals surface area contributed by atoms with Gasteiger partial charge in [0.25, 0.3) is 10.0 Å². The minimum Gasteiger partial charge on any atom is -0.465 e. The number of methoxy groups -OCH3 is 1. The molecule has 29 heavy (non-hydrogen) atoms. The highest BCUT2D eigenvalue weighted by molar-refractivity contribution is 7.92. The molecule has 0 unspecified atom stereocenters. The third-order valence-electron chi connectivity index (χ3n) is 4.41. The fourth-order valence-electron chi connectivity index (χ4n) is 2.88. The summed E-state index contributed by atoms with van der Waals surface area (Å²) < 4.78 is 34.6. The van der Waals surface area contributed by atoms with E-state index >= 15 is 0 Å². The van der Waals surface area contributed by atoms with Crippen LogP contribution in [0.2, 0.25) is 0 Å². The van der Waals surface area contributed by atoms with E-state index in [0.29, 0.717) is 5.69 Å². The molecule has 8 nitrogen and oxygen atoms in total. The number of benzene rings is 2. The van der Waals surface area contributed by atoms with Crippen LogP contribution < -0.4 is 4.72 Å². The zero-order chi connectivity index (χ0) is 21.2. The summed E-state index contributed by atoms with van der Waals surface area (Å²) in [5.41, 5.74) is 1.10. The van der Waals surface area contributed by atoms with E-state index in [0.717, 1.165) is 10.9 Å². The van der Waals surface area contributed by atoms with E-state index in [1.807, 2.05) is 0 Å². The number of ether oxygens (including phenoxy) is 1. The van der Waals surface area contributed by atoms with Crippen molar-refractivity contribution in [1.82, 2.24) is 9.47 Å². The standard InChI is InChI=1S/C20H21N3O5S/c1-22(2)19(24)13-23-11-10-14-12-15(8-9-17(14)23)21-29(26,27)18-7-5-4-6-16(18)20(25)28-3/h4-12,21H,13H2,1-3H3. The van der Waals surface area contributed by atoms with Crippen molar-refractivity contribution >= 4 is 38.5 Å². The summed E-state index contributed by atoms with van der Waals surface area (Å²) in [6.07, 6.45) is 1.77. The topological polar surface area (TPSA) is 97.7 Å². The molecule has 1 amide bonds. The number of rotatable bonds is 6. The Morgan fingerprint density at radius 3 is 2.52 bits per heavy atom. The maximum atomic E-state index is 12.8. The van der Waals surface area contributed by atoms with Gasteiger partial charge in [-0.15, -0.1) is 0 Å². The van der Waals surface area contributed by atoms with Crippen LogP contribution in [0.5, 0.6) is 0 Å². The highest BCUT2D eigenvalue weighted by Gasteiger charge is 2.23. The number of likely N-dealkylation sites (N-methyl/N-ethyl adjacent to an activating group) is 1. The quantitative estimate of drug-likeness (QED) is 0.623. The van der Waals surface area contributed by atoms with Gasteiger partial charge in [-0.25, -0.2) is 13.2 Å². The molecule has 0 aliphatic carbocycles. The second-order valence-electron chi connectivity index (χ2n) is 6.60. The number of sulfonamides is 1. The second-order valence-corrected chi connectivity index (χ2v) is 8.25. The predicted octanol–water partition coefficient (Wildman–Crippen LogP) is 2.32. The van der Waals surface area contributed by atoms with Gasteiger partial charge in [0.05, 0.1) is 12.7 Å². The van der Waals surface area contributed by atoms with E-state index in [1.54, 1.807) is 55.2 Å². The molecule has 3 aromatic rings. The lowest BCUT2D eigenvalue weighted by molar-refractivity contribution is -0.129. The molecule has 1 aromatic heterocycles. The Hall–Kier alpha value is -3.33. The van der Waals surface area contributed by atoms with Crippen molar-refractivity contribution in [2.45, 2.75) is 11.4 Å². The number of hydrogen-bond donors (Lipinski definition) is 1. The molecule has 0 aliphatic rings. The van der Waals surface area contributed by atoms with Crippen LogP contribution in [0.3, 0.4) is 0 Å². The Morgan fingerprint density at radius 2 is 1.83 bits per heavy atom. The lowest BCUT2D eigenvalue weighted by Crippen LogP contribution is -2.25. The first-order valence-corrected chi connectivity index (χ1v) is 10.2. The molecular formula is C20H21N3O5S. The minimum absolute atomic E-state index is 0.0445. The van der Waals surface area contributed by atoms with Gasteiger partial charge in [-0.2, -0.15) is 0 Å². The first-order chi connectivity index (χ1) is 13.7. The Bertz CT molecular complexity index is 1180. The lowest BCUT2D eigenvalue weighted by Gasteiger charge is -2.13. The fraction of sp³-hybridized carbons (Fsp3) is 0.200. The van der Waals surface area contributed by atoms with Crippen LogP contribution >= 0.6 is 0 Å². The smallest absolute Gasteiger partial charge is 0.339 e. The van der Waals surface area contributed by atoms with E-state index in [-0.39, 0.29) is 22.9 Å². The van der Waals surface area contributed by atoms with Crippen molar-refractivity contribution in [3.8, 4) is 0 Å². The number of fused-ring (bicyclic) bond motifs is 1. The third kappa shape index (κ3) is 4.24. The van der Waals surface area contributed by atoms with Crippen LogP contribution in [-0.4, -0.2) is 51.0 Å². The molecule has 1 heterocycles. The van der Waals surface area contributed by atoms with Gasteiger partial charge < -0.3 is 14.2 Å². The number of anilines is 1. The van der Waals surface area contributed by atoms with Gasteiger partial charge in [-0.1, -0.05) is 12.1 Å². The van der Waals surface area contributed by atoms with Crippen LogP contribution in [-0.2, 0) is 26.1 Å². The SMILES string of the molecule is COC(=O)c1ccccc1S(=O)(=O)Nc1ccc2c(ccn2CC(=O)N(C)C)c1. The molecule has 0 spiro atoms. The first-order valence-electron chi connectivity index (χ1n) is 8.72. The predicted molar refractivity (Wildman–Crippen MR) is 109 cm³/mol. The van der Waals surface area contributed by atoms with Gasteiger partial charge in [-0.3, -0.25) is 9.52 Å². The average Bonchev–Trinajstić information content (AvgIpc) is 3.08. The molecule has 0 aliphatic heterocycles. The van der Waals surface area contributed by atoms with Crippen LogP contribution in [0.4, 0.5) is 5.69 Å². The molecule has 3 rings (SSSR count). The van der Waals surface area contributed by atoms with Gasteiger partial charge in [0.2, 0.25) is 5.91 Å². The van der Waals surface area contributed by atoms with Crippen molar-refractivity contribution in [2.75, 3.05) is 25.9 Å². The Labute approximate surface area is 168 Å². The molecule has 0 saturated carbocycles. The summed E-state index contributed by atoms with van der Waals surface area (Å²) in [7, 11) is 0.559. The summed E-state index contributed by atoms with van der Waals surface area (Å²) in [5, 5.41) is 0.776. The van der Waals surface area contributed by atoms with Crippen molar-refractivity contribution in [1.29, 1.82) is 0 Å². The molecule has 2 aromatic carbocycles. The number of amides is 1. The fourth-order valence-corrected chi connectivity index (χ4v) is 4.12. The number of carbonyl (C=O) groups excluding carboxylic acids is 2. The number of aromatic nitrogens is 1. The van der Waals surface area contributed by atoms with Crippen molar-refractivity contribution < 1.29 is 22.7 Å². The first kappa shape index (κ1) is 20.4. The van der Waals surface area contributed by atoms with Crippen molar-refractivity contribution in [3.05, 3.63) is 60.3 Å². The number of hydrogen-bond acceptors (Lipinski definition) is 5. The van der Waals surface area contributed by atoms with Gasteiger partial charge >= 0.3 is 5.97 Å². The van der Waals surface area contributed by atoms with Gasteiger partial charge in [0.15, 0.2) is 0 Å². The summed E-state index contributed by atoms with van der Waals surface area (Å²) in [4.78, 5) is 25.2. The molecule has 0 fully saturated rings. The minimum atomic E-state index is -4.01. The summed E-state index contributed by atoms with van der Waals surface area (Å²) in [6, 6.07) is 12.7. The molecule has 1 N–H and O–H groups in total. The van der Waals surface area contributed by atoms with Crippen molar-refractivity contribution in [3.63, 3.8) is 0 Å². The van der Waals surface area contributed by atoms with E-state index in [9.17, 15) is 18.0 Å². The summed E-state index contributed by atoms with van der Waals surface area (Å²) >= 11 is 0. The highest BCUT2D eigenvalue weighted by Crippen LogP contribution is 2.24. The maximum Gasteiger partial charge on any atom is 0.339 e. The van der Waals surface area contributed by atoms with Crippen LogP contribution in [0.25, 0.3) is 10.9 Å². The second kappa shape index (κ2) is 7.96. The molecule has 0 saturated heterocycles. The number of carbonyl (C=O) groups is 2. The largest absolute Gasteiger partial charge is 0.465 e. The molecule has 152 valence electrons. The number of nitrogens with one attached hydrogen (secondary N) is 1. The van der Waals surface area contributed by atoms with Crippen LogP contribution in [0.1, 0.15) is 10.4 Å². The monoisotopic (exact) mass is 415 g/mol. The molecule has 9 heteroatoms. The Morgan fingerprint density at radius 1 is 1.10 bits per heavy atom. The molecule has 0 bridgehead atoms. The number of esters is 1. The average molecular weight is 415 g/mol. The van der Waals surface area contributed by atoms with Crippen LogP contribution in [0.15, 0.2) is 59.6 Å². The van der Waals surface area contributed by atoms with E-state index in [2.05, 4.69) is 9.46 Å². The zero-order valence-corrected chi connectivity index (χ0v) is 17.1. The van der Waals surface area contributed by atoms with E-state index < -0.39 is 16.0 Å². The normalized spacial score (nSPS) is 11.3. The van der Waals surface area contributed by atoms with Crippen molar-refractivity contribution in [2.24, 2.45) is 0 Å². The van der Waals surface area contributed by atoms with Gasteiger partial charge in [0.1, 0.15) is 11.4 Å². The van der Waals surface area contributed by atoms with Gasteiger partial charge in [-0.05, 0) is 36.4 Å². The maximum absolute atomic E-state index is 12.8. The third-order valence-corrected chi connectivity index (χ3v) is 5.85. The Kier molecular flexibility index (Phi) is 5.60. The van der Waals surface area contributed by atoms with E-state index in [4.69, 9.17) is 0 Å². The molecule has 0 atom stereocenters. The lowest BCUT2D eigenvalue weighted by atomic mass is 10.2. The number of nitrogens with zero attached hydrogens (tertiary/aromatic N) is 2. The zero-order valence-electron chi connectivity index (χ0n) is 16.2. The Balaban J connectivity index is 1.91. The highest BCUT2D eigenvalue weighted by atomic mass is 32.2. The van der Waals surface area contributed by atoms with E-state index in [1.165, 1.54) is 30.2 Å². The van der Waals surface area contributed by atoms with Crippen LogP contribution in [0, 0.1) is 0 Å². The van der Waals surface area contributed by atoms with Gasteiger partial charge in [0, 0.05) is 36.9 Å².